The van der Waals surface area contributed by atoms with Gasteiger partial charge in [0.2, 0.25) is 0 Å². The number of oxime groups is 1. The Balaban J connectivity index is 1.48. The van der Waals surface area contributed by atoms with Crippen molar-refractivity contribution in [2.24, 2.45) is 5.16 Å². The maximum atomic E-state index is 13.6. The van der Waals surface area contributed by atoms with Crippen molar-refractivity contribution in [1.29, 1.82) is 0 Å². The Morgan fingerprint density at radius 2 is 2.00 bits per heavy atom. The predicted octanol–water partition coefficient (Wildman–Crippen LogP) is 2.23. The molecule has 0 amide bonds. The maximum absolute atomic E-state index is 13.6. The van der Waals surface area contributed by atoms with Gasteiger partial charge in [0.1, 0.15) is 30.5 Å². The molecule has 2 N–H and O–H groups in total. The van der Waals surface area contributed by atoms with Gasteiger partial charge in [-0.05, 0) is 42.0 Å². The number of nitrogens with two attached hydrogens (primary N) is 1. The summed E-state index contributed by atoms with van der Waals surface area (Å²) in [6.45, 7) is 1.09. The van der Waals surface area contributed by atoms with Crippen molar-refractivity contribution in [1.82, 2.24) is 0 Å². The minimum absolute atomic E-state index is 0.0504. The summed E-state index contributed by atoms with van der Waals surface area (Å²) in [5.74, 6) is -0.286. The summed E-state index contributed by atoms with van der Waals surface area (Å²) in [5.41, 5.74) is 2.37. The molecule has 1 aliphatic heterocycles. The number of ether oxygens (including phenoxy) is 1. The van der Waals surface area contributed by atoms with Crippen LogP contribution in [0.5, 0.6) is 5.75 Å². The second-order valence-electron chi connectivity index (χ2n) is 5.66. The van der Waals surface area contributed by atoms with Crippen LogP contribution < -0.4 is 10.1 Å². The zero-order chi connectivity index (χ0) is 16.9. The Kier molecular flexibility index (Phi) is 5.05. The van der Waals surface area contributed by atoms with Crippen LogP contribution in [-0.2, 0) is 11.4 Å². The predicted molar refractivity (Wildman–Crippen MR) is 85.9 cm³/mol. The Morgan fingerprint density at radius 3 is 2.71 bits per heavy atom. The van der Waals surface area contributed by atoms with Gasteiger partial charge in [0.05, 0.1) is 12.8 Å². The first-order valence-electron chi connectivity index (χ1n) is 7.78. The first-order chi connectivity index (χ1) is 11.7. The van der Waals surface area contributed by atoms with E-state index in [1.807, 2.05) is 29.6 Å². The second kappa shape index (κ2) is 7.40. The van der Waals surface area contributed by atoms with E-state index in [-0.39, 0.29) is 6.10 Å². The third-order valence-electron chi connectivity index (χ3n) is 3.97. The monoisotopic (exact) mass is 333 g/mol. The second-order valence-corrected chi connectivity index (χ2v) is 5.66. The van der Waals surface area contributed by atoms with Crippen molar-refractivity contribution < 1.29 is 23.7 Å². The molecular weight excluding hydrogens is 314 g/mol. The van der Waals surface area contributed by atoms with Gasteiger partial charge < -0.3 is 14.9 Å². The van der Waals surface area contributed by atoms with Crippen LogP contribution in [0.15, 0.2) is 47.6 Å². The standard InChI is InChI=1S/C18H18F2N2O2/c1-23-15-6-3-12(4-7-15)18-9-16(24-22-18)11-21-10-13-2-5-14(19)8-17(13)20/h2-8,16,21H,9-11H2,1H3/p+1/t16-/m0/s1. The van der Waals surface area contributed by atoms with E-state index in [0.29, 0.717) is 25.1 Å². The summed E-state index contributed by atoms with van der Waals surface area (Å²) in [7, 11) is 1.63. The highest BCUT2D eigenvalue weighted by Crippen LogP contribution is 2.18. The summed E-state index contributed by atoms with van der Waals surface area (Å²) in [4.78, 5) is 5.44. The fourth-order valence-electron chi connectivity index (χ4n) is 2.62. The van der Waals surface area contributed by atoms with Crippen molar-refractivity contribution in [3.8, 4) is 5.75 Å². The van der Waals surface area contributed by atoms with Crippen LogP contribution >= 0.6 is 0 Å². The van der Waals surface area contributed by atoms with Crippen LogP contribution in [0.25, 0.3) is 0 Å². The number of nitrogens with zero attached hydrogens (tertiary/aromatic N) is 1. The van der Waals surface area contributed by atoms with E-state index in [9.17, 15) is 8.78 Å². The van der Waals surface area contributed by atoms with Crippen molar-refractivity contribution >= 4 is 5.71 Å². The van der Waals surface area contributed by atoms with Crippen LogP contribution in [0, 0.1) is 11.6 Å². The van der Waals surface area contributed by atoms with Crippen molar-refractivity contribution in [2.45, 2.75) is 19.1 Å². The minimum Gasteiger partial charge on any atom is -0.497 e. The molecule has 2 aromatic rings. The van der Waals surface area contributed by atoms with Gasteiger partial charge >= 0.3 is 0 Å². The van der Waals surface area contributed by atoms with Crippen LogP contribution in [0.2, 0.25) is 0 Å². The number of rotatable bonds is 6. The normalized spacial score (nSPS) is 16.6. The van der Waals surface area contributed by atoms with Gasteiger partial charge in [-0.2, -0.15) is 0 Å². The summed E-state index contributed by atoms with van der Waals surface area (Å²) >= 11 is 0. The molecule has 0 spiro atoms. The summed E-state index contributed by atoms with van der Waals surface area (Å²) < 4.78 is 31.6. The number of hydrogen-bond donors (Lipinski definition) is 1. The Morgan fingerprint density at radius 1 is 1.21 bits per heavy atom. The third kappa shape index (κ3) is 3.89. The minimum atomic E-state index is -0.562. The molecule has 6 heteroatoms. The summed E-state index contributed by atoms with van der Waals surface area (Å²) in [5, 5.41) is 6.07. The molecule has 126 valence electrons. The largest absolute Gasteiger partial charge is 0.497 e. The van der Waals surface area contributed by atoms with Crippen LogP contribution in [-0.4, -0.2) is 25.5 Å². The fourth-order valence-corrected chi connectivity index (χ4v) is 2.62. The van der Waals surface area contributed by atoms with Crippen molar-refractivity contribution in [3.63, 3.8) is 0 Å². The van der Waals surface area contributed by atoms with Gasteiger partial charge in [0.25, 0.3) is 0 Å². The smallest absolute Gasteiger partial charge is 0.181 e. The van der Waals surface area contributed by atoms with E-state index in [1.165, 1.54) is 12.1 Å². The lowest BCUT2D eigenvalue weighted by Gasteiger charge is -2.08. The van der Waals surface area contributed by atoms with E-state index in [0.717, 1.165) is 23.1 Å². The molecule has 0 aromatic heterocycles. The molecule has 4 nitrogen and oxygen atoms in total. The number of methoxy groups -OCH3 is 1. The van der Waals surface area contributed by atoms with E-state index >= 15 is 0 Å². The van der Waals surface area contributed by atoms with Gasteiger partial charge in [-0.25, -0.2) is 8.78 Å². The molecular formula is C18H19F2N2O2+. The Bertz CT molecular complexity index is 732. The highest BCUT2D eigenvalue weighted by Gasteiger charge is 2.23. The lowest BCUT2D eigenvalue weighted by atomic mass is 10.0. The Hall–Kier alpha value is -2.47. The summed E-state index contributed by atoms with van der Waals surface area (Å²) in [6, 6.07) is 11.3. The SMILES string of the molecule is COc1ccc(C2=NO[C@H](C[NH2+]Cc3ccc(F)cc3F)C2)cc1. The van der Waals surface area contributed by atoms with Gasteiger partial charge in [-0.3, -0.25) is 0 Å². The first kappa shape index (κ1) is 16.4. The van der Waals surface area contributed by atoms with Crippen LogP contribution in [0.3, 0.4) is 0 Å². The van der Waals surface area contributed by atoms with Gasteiger partial charge in [-0.15, -0.1) is 0 Å². The van der Waals surface area contributed by atoms with E-state index < -0.39 is 11.6 Å². The molecule has 1 atom stereocenters. The van der Waals surface area contributed by atoms with Crippen molar-refractivity contribution in [3.05, 3.63) is 65.2 Å². The molecule has 1 heterocycles. The molecule has 0 saturated carbocycles. The van der Waals surface area contributed by atoms with E-state index in [1.54, 1.807) is 7.11 Å². The van der Waals surface area contributed by atoms with E-state index in [2.05, 4.69) is 5.16 Å². The molecule has 0 bridgehead atoms. The van der Waals surface area contributed by atoms with Gasteiger partial charge in [0.15, 0.2) is 6.10 Å². The zero-order valence-electron chi connectivity index (χ0n) is 13.3. The number of benzene rings is 2. The average molecular weight is 333 g/mol. The zero-order valence-corrected chi connectivity index (χ0v) is 13.3. The first-order valence-corrected chi connectivity index (χ1v) is 7.78. The van der Waals surface area contributed by atoms with Gasteiger partial charge in [-0.1, -0.05) is 5.16 Å². The number of hydrogen-bond acceptors (Lipinski definition) is 3. The lowest BCUT2D eigenvalue weighted by Crippen LogP contribution is -2.84. The molecule has 1 aliphatic rings. The molecule has 0 aliphatic carbocycles. The number of halogens is 2. The third-order valence-corrected chi connectivity index (χ3v) is 3.97. The highest BCUT2D eigenvalue weighted by atomic mass is 19.1. The quantitative estimate of drug-likeness (QED) is 0.881. The summed E-state index contributed by atoms with van der Waals surface area (Å²) in [6.07, 6.45) is 0.653. The molecule has 0 saturated heterocycles. The number of quaternary nitrogens is 1. The Labute approximate surface area is 139 Å². The molecule has 0 radical (unpaired) electrons. The van der Waals surface area contributed by atoms with E-state index in [4.69, 9.17) is 9.57 Å². The highest BCUT2D eigenvalue weighted by molar-refractivity contribution is 6.01. The molecule has 24 heavy (non-hydrogen) atoms. The molecule has 0 unspecified atom stereocenters. The topological polar surface area (TPSA) is 47.4 Å². The van der Waals surface area contributed by atoms with Crippen LogP contribution in [0.4, 0.5) is 8.78 Å². The van der Waals surface area contributed by atoms with Gasteiger partial charge in [0, 0.05) is 18.1 Å². The molecule has 0 fully saturated rings. The lowest BCUT2D eigenvalue weighted by molar-refractivity contribution is -0.676. The average Bonchev–Trinajstić information content (AvgIpc) is 3.06. The molecule has 3 rings (SSSR count). The molecule has 2 aromatic carbocycles. The fraction of sp³-hybridized carbons (Fsp3) is 0.278. The van der Waals surface area contributed by atoms with Crippen LogP contribution in [0.1, 0.15) is 17.5 Å². The van der Waals surface area contributed by atoms with Crippen molar-refractivity contribution in [2.75, 3.05) is 13.7 Å². The maximum Gasteiger partial charge on any atom is 0.181 e.